The van der Waals surface area contributed by atoms with Crippen LogP contribution in [0.3, 0.4) is 0 Å². The summed E-state index contributed by atoms with van der Waals surface area (Å²) in [4.78, 5) is 2.02. The van der Waals surface area contributed by atoms with E-state index in [9.17, 15) is 0 Å². The number of anilines is 1. The molecule has 0 radical (unpaired) electrons. The summed E-state index contributed by atoms with van der Waals surface area (Å²) in [5.41, 5.74) is 1.35. The van der Waals surface area contributed by atoms with Crippen molar-refractivity contribution < 1.29 is 9.47 Å². The Morgan fingerprint density at radius 2 is 2.16 bits per heavy atom. The van der Waals surface area contributed by atoms with Gasteiger partial charge in [0.1, 0.15) is 11.5 Å². The van der Waals surface area contributed by atoms with Crippen molar-refractivity contribution in [3.05, 3.63) is 53.1 Å². The fraction of sp³-hybridized carbons (Fsp3) is 0.316. The summed E-state index contributed by atoms with van der Waals surface area (Å²) < 4.78 is 12.2. The molecule has 4 rings (SSSR count). The normalized spacial score (nSPS) is 24.2. The lowest BCUT2D eigenvalue weighted by molar-refractivity contribution is 0.0493. The van der Waals surface area contributed by atoms with Gasteiger partial charge >= 0.3 is 0 Å². The Hall–Kier alpha value is -1.98. The fourth-order valence-electron chi connectivity index (χ4n) is 3.63. The number of ether oxygens (including phenoxy) is 2. The van der Waals surface area contributed by atoms with Gasteiger partial charge < -0.3 is 14.8 Å². The van der Waals surface area contributed by atoms with Gasteiger partial charge in [0.05, 0.1) is 18.3 Å². The van der Waals surface area contributed by atoms with E-state index in [1.54, 1.807) is 0 Å². The highest BCUT2D eigenvalue weighted by atomic mass is 35.5. The molecular weight excluding hydrogens is 356 g/mol. The molecule has 6 heteroatoms. The van der Waals surface area contributed by atoms with Gasteiger partial charge in [0.15, 0.2) is 10.8 Å². The van der Waals surface area contributed by atoms with Crippen LogP contribution in [0.2, 0.25) is 5.02 Å². The van der Waals surface area contributed by atoms with Crippen molar-refractivity contribution >= 4 is 34.6 Å². The topological polar surface area (TPSA) is 33.7 Å². The first kappa shape index (κ1) is 16.5. The first-order valence-corrected chi connectivity index (χ1v) is 9.11. The van der Waals surface area contributed by atoms with E-state index in [1.807, 2.05) is 54.3 Å². The van der Waals surface area contributed by atoms with Gasteiger partial charge in [0.25, 0.3) is 0 Å². The summed E-state index contributed by atoms with van der Waals surface area (Å²) in [6, 6.07) is 13.7. The molecule has 2 aliphatic heterocycles. The molecule has 0 aromatic heterocycles. The number of rotatable bonds is 3. The maximum absolute atomic E-state index is 6.40. The van der Waals surface area contributed by atoms with Crippen molar-refractivity contribution in [3.8, 4) is 11.5 Å². The van der Waals surface area contributed by atoms with Crippen LogP contribution >= 0.6 is 23.8 Å². The molecule has 1 saturated heterocycles. The molecule has 0 saturated carbocycles. The average Bonchev–Trinajstić information content (AvgIpc) is 2.57. The van der Waals surface area contributed by atoms with E-state index in [0.29, 0.717) is 16.7 Å². The molecule has 0 amide bonds. The van der Waals surface area contributed by atoms with E-state index < -0.39 is 5.72 Å². The highest BCUT2D eigenvalue weighted by Crippen LogP contribution is 2.47. The maximum Gasteiger partial charge on any atom is 0.188 e. The second-order valence-electron chi connectivity index (χ2n) is 6.40. The maximum atomic E-state index is 6.40. The number of nitrogens with one attached hydrogen (secondary N) is 1. The van der Waals surface area contributed by atoms with Crippen molar-refractivity contribution in [2.24, 2.45) is 0 Å². The third-order valence-corrected chi connectivity index (χ3v) is 5.18. The number of benzene rings is 2. The van der Waals surface area contributed by atoms with Crippen LogP contribution in [0.5, 0.6) is 11.5 Å². The van der Waals surface area contributed by atoms with Gasteiger partial charge in [-0.05, 0) is 56.4 Å². The van der Waals surface area contributed by atoms with Gasteiger partial charge in [-0.2, -0.15) is 0 Å². The van der Waals surface area contributed by atoms with Crippen molar-refractivity contribution in [2.45, 2.75) is 32.0 Å². The van der Waals surface area contributed by atoms with Crippen LogP contribution in [0.1, 0.15) is 31.9 Å². The zero-order valence-corrected chi connectivity index (χ0v) is 15.7. The summed E-state index contributed by atoms with van der Waals surface area (Å²) in [5, 5.41) is 4.76. The Morgan fingerprint density at radius 1 is 1.36 bits per heavy atom. The van der Waals surface area contributed by atoms with E-state index in [4.69, 9.17) is 33.3 Å². The highest BCUT2D eigenvalue weighted by molar-refractivity contribution is 7.80. The van der Waals surface area contributed by atoms with Crippen LogP contribution < -0.4 is 19.7 Å². The van der Waals surface area contributed by atoms with E-state index in [-0.39, 0.29) is 6.04 Å². The predicted molar refractivity (Wildman–Crippen MR) is 104 cm³/mol. The minimum absolute atomic E-state index is 0.0791. The van der Waals surface area contributed by atoms with Crippen molar-refractivity contribution in [1.29, 1.82) is 0 Å². The number of para-hydroxylation sites is 2. The van der Waals surface area contributed by atoms with Gasteiger partial charge in [-0.25, -0.2) is 0 Å². The lowest BCUT2D eigenvalue weighted by Gasteiger charge is -2.52. The predicted octanol–water partition coefficient (Wildman–Crippen LogP) is 4.67. The van der Waals surface area contributed by atoms with E-state index >= 15 is 0 Å². The van der Waals surface area contributed by atoms with Crippen LogP contribution in [-0.2, 0) is 0 Å². The molecule has 2 aliphatic rings. The lowest BCUT2D eigenvalue weighted by Crippen LogP contribution is -2.65. The SMILES string of the molecule is CCOc1ccccc1N1C(=S)N[C@H]2C[C@@]1(C)Oc1ccc(Cl)cc12. The third-order valence-electron chi connectivity index (χ3n) is 4.64. The van der Waals surface area contributed by atoms with Crippen LogP contribution in [0.25, 0.3) is 0 Å². The molecule has 2 aromatic carbocycles. The largest absolute Gasteiger partial charge is 0.492 e. The molecule has 2 bridgehead atoms. The van der Waals surface area contributed by atoms with Crippen LogP contribution in [0.15, 0.2) is 42.5 Å². The quantitative estimate of drug-likeness (QED) is 0.789. The highest BCUT2D eigenvalue weighted by Gasteiger charge is 2.49. The zero-order valence-electron chi connectivity index (χ0n) is 14.1. The Kier molecular flexibility index (Phi) is 4.01. The van der Waals surface area contributed by atoms with Gasteiger partial charge in [0, 0.05) is 17.0 Å². The molecular formula is C19H19ClN2O2S. The monoisotopic (exact) mass is 374 g/mol. The third kappa shape index (κ3) is 2.71. The van der Waals surface area contributed by atoms with Crippen LogP contribution in [-0.4, -0.2) is 17.4 Å². The Balaban J connectivity index is 1.80. The molecule has 2 aromatic rings. The second-order valence-corrected chi connectivity index (χ2v) is 7.22. The van der Waals surface area contributed by atoms with Gasteiger partial charge in [-0.3, -0.25) is 4.90 Å². The molecule has 1 N–H and O–H groups in total. The van der Waals surface area contributed by atoms with E-state index in [1.165, 1.54) is 0 Å². The molecule has 130 valence electrons. The van der Waals surface area contributed by atoms with E-state index in [0.717, 1.165) is 29.2 Å². The number of thiocarbonyl (C=S) groups is 1. The average molecular weight is 375 g/mol. The molecule has 4 nitrogen and oxygen atoms in total. The summed E-state index contributed by atoms with van der Waals surface area (Å²) >= 11 is 11.8. The standard InChI is InChI=1S/C19H19ClN2O2S/c1-3-23-17-7-5-4-6-15(17)22-18(25)21-14-11-19(22,2)24-16-9-8-12(20)10-13(14)16/h4-10,14H,3,11H2,1-2H3,(H,21,25)/t14-,19+/m0/s1. The first-order valence-electron chi connectivity index (χ1n) is 8.33. The summed E-state index contributed by atoms with van der Waals surface area (Å²) in [5.74, 6) is 1.62. The van der Waals surface area contributed by atoms with Crippen molar-refractivity contribution in [1.82, 2.24) is 5.32 Å². The minimum atomic E-state index is -0.596. The molecule has 0 spiro atoms. The second kappa shape index (κ2) is 6.07. The molecule has 2 atom stereocenters. The summed E-state index contributed by atoms with van der Waals surface area (Å²) in [6.07, 6.45) is 0.751. The molecule has 0 unspecified atom stereocenters. The molecule has 2 heterocycles. The number of halogens is 1. The van der Waals surface area contributed by atoms with Gasteiger partial charge in [-0.15, -0.1) is 0 Å². The number of fused-ring (bicyclic) bond motifs is 4. The van der Waals surface area contributed by atoms with Crippen molar-refractivity contribution in [3.63, 3.8) is 0 Å². The van der Waals surface area contributed by atoms with Gasteiger partial charge in [-0.1, -0.05) is 23.7 Å². The van der Waals surface area contributed by atoms with Crippen molar-refractivity contribution in [2.75, 3.05) is 11.5 Å². The zero-order chi connectivity index (χ0) is 17.6. The minimum Gasteiger partial charge on any atom is -0.492 e. The first-order chi connectivity index (χ1) is 12.0. The molecule has 1 fully saturated rings. The smallest absolute Gasteiger partial charge is 0.188 e. The fourth-order valence-corrected chi connectivity index (χ4v) is 4.24. The Bertz CT molecular complexity index is 844. The number of hydrogen-bond donors (Lipinski definition) is 1. The Labute approximate surface area is 157 Å². The molecule has 25 heavy (non-hydrogen) atoms. The number of hydrogen-bond acceptors (Lipinski definition) is 3. The van der Waals surface area contributed by atoms with Crippen LogP contribution in [0.4, 0.5) is 5.69 Å². The van der Waals surface area contributed by atoms with E-state index in [2.05, 4.69) is 12.2 Å². The van der Waals surface area contributed by atoms with Crippen LogP contribution in [0, 0.1) is 0 Å². The number of nitrogens with zero attached hydrogens (tertiary/aromatic N) is 1. The lowest BCUT2D eigenvalue weighted by atomic mass is 9.90. The summed E-state index contributed by atoms with van der Waals surface area (Å²) in [6.45, 7) is 4.62. The summed E-state index contributed by atoms with van der Waals surface area (Å²) in [7, 11) is 0. The molecule has 0 aliphatic carbocycles. The van der Waals surface area contributed by atoms with Gasteiger partial charge in [0.2, 0.25) is 0 Å². The Morgan fingerprint density at radius 3 is 2.96 bits per heavy atom.